The Labute approximate surface area is 181 Å². The highest BCUT2D eigenvalue weighted by Gasteiger charge is 2.19. The molecule has 0 radical (unpaired) electrons. The van der Waals surface area contributed by atoms with Crippen molar-refractivity contribution in [3.05, 3.63) is 81.9 Å². The lowest BCUT2D eigenvalue weighted by Gasteiger charge is -2.20. The molecule has 2 amide bonds. The van der Waals surface area contributed by atoms with Crippen LogP contribution in [0.2, 0.25) is 10.0 Å². The van der Waals surface area contributed by atoms with Crippen molar-refractivity contribution < 1.29 is 9.59 Å². The molecule has 1 aliphatic heterocycles. The summed E-state index contributed by atoms with van der Waals surface area (Å²) in [7, 11) is 0. The van der Waals surface area contributed by atoms with Crippen LogP contribution in [0.1, 0.15) is 17.5 Å². The molecule has 0 aliphatic carbocycles. The van der Waals surface area contributed by atoms with Crippen molar-refractivity contribution in [1.82, 2.24) is 9.80 Å². The number of rotatable bonds is 4. The first-order valence-electron chi connectivity index (χ1n) is 9.46. The van der Waals surface area contributed by atoms with E-state index in [2.05, 4.69) is 0 Å². The zero-order chi connectivity index (χ0) is 20.6. The van der Waals surface area contributed by atoms with Crippen molar-refractivity contribution in [1.29, 1.82) is 0 Å². The largest absolute Gasteiger partial charge is 0.337 e. The van der Waals surface area contributed by atoms with Gasteiger partial charge in [-0.15, -0.1) is 0 Å². The number of benzene rings is 2. The first-order chi connectivity index (χ1) is 14.0. The third kappa shape index (κ3) is 6.48. The van der Waals surface area contributed by atoms with Crippen LogP contribution in [0.4, 0.5) is 0 Å². The maximum Gasteiger partial charge on any atom is 0.246 e. The minimum Gasteiger partial charge on any atom is -0.337 e. The number of carbonyl (C=O) groups excluding carboxylic acids is 2. The van der Waals surface area contributed by atoms with Crippen molar-refractivity contribution >= 4 is 47.2 Å². The highest BCUT2D eigenvalue weighted by atomic mass is 35.5. The molecule has 1 aliphatic rings. The Balaban J connectivity index is 1.53. The second-order valence-electron chi connectivity index (χ2n) is 6.77. The quantitative estimate of drug-likeness (QED) is 0.657. The Morgan fingerprint density at radius 3 is 1.41 bits per heavy atom. The lowest BCUT2D eigenvalue weighted by atomic mass is 10.2. The van der Waals surface area contributed by atoms with Crippen LogP contribution in [0.15, 0.2) is 60.7 Å². The maximum absolute atomic E-state index is 12.5. The van der Waals surface area contributed by atoms with Gasteiger partial charge in [0.15, 0.2) is 0 Å². The summed E-state index contributed by atoms with van der Waals surface area (Å²) >= 11 is 11.8. The molecule has 0 spiro atoms. The van der Waals surface area contributed by atoms with Crippen molar-refractivity contribution in [2.45, 2.75) is 6.42 Å². The normalized spacial score (nSPS) is 15.1. The zero-order valence-electron chi connectivity index (χ0n) is 15.9. The summed E-state index contributed by atoms with van der Waals surface area (Å²) in [4.78, 5) is 28.5. The van der Waals surface area contributed by atoms with E-state index in [1.807, 2.05) is 24.3 Å². The fraction of sp³-hybridized carbons (Fsp3) is 0.217. The average molecular weight is 429 g/mol. The molecular weight excluding hydrogens is 407 g/mol. The highest BCUT2D eigenvalue weighted by Crippen LogP contribution is 2.13. The summed E-state index contributed by atoms with van der Waals surface area (Å²) in [5.41, 5.74) is 1.84. The summed E-state index contributed by atoms with van der Waals surface area (Å²) in [6.07, 6.45) is 7.45. The molecular formula is C23H22Cl2N2O2. The third-order valence-corrected chi connectivity index (χ3v) is 5.20. The van der Waals surface area contributed by atoms with Crippen molar-refractivity contribution in [2.24, 2.45) is 0 Å². The molecule has 0 unspecified atom stereocenters. The van der Waals surface area contributed by atoms with Gasteiger partial charge in [0.25, 0.3) is 0 Å². The summed E-state index contributed by atoms with van der Waals surface area (Å²) in [5, 5.41) is 1.33. The molecule has 3 rings (SSSR count). The standard InChI is InChI=1S/C23H22Cl2N2O2/c24-20-8-2-18(3-9-20)6-12-22(28)26-14-1-15-27(17-16-26)23(29)13-7-19-4-10-21(25)11-5-19/h2-13H,1,14-17H2. The first kappa shape index (κ1) is 21.2. The van der Waals surface area contributed by atoms with Crippen LogP contribution in [-0.2, 0) is 9.59 Å². The van der Waals surface area contributed by atoms with Gasteiger partial charge in [-0.2, -0.15) is 0 Å². The summed E-state index contributed by atoms with van der Waals surface area (Å²) < 4.78 is 0. The van der Waals surface area contributed by atoms with E-state index in [-0.39, 0.29) is 11.8 Å². The highest BCUT2D eigenvalue weighted by molar-refractivity contribution is 6.30. The summed E-state index contributed by atoms with van der Waals surface area (Å²) in [6, 6.07) is 14.6. The summed E-state index contributed by atoms with van der Waals surface area (Å²) in [6.45, 7) is 2.30. The van der Waals surface area contributed by atoms with Gasteiger partial charge >= 0.3 is 0 Å². The fourth-order valence-corrected chi connectivity index (χ4v) is 3.30. The van der Waals surface area contributed by atoms with E-state index in [0.717, 1.165) is 17.5 Å². The molecule has 1 saturated heterocycles. The van der Waals surface area contributed by atoms with Gasteiger partial charge in [0.2, 0.25) is 11.8 Å². The number of hydrogen-bond acceptors (Lipinski definition) is 2. The lowest BCUT2D eigenvalue weighted by Crippen LogP contribution is -2.36. The molecule has 0 aromatic heterocycles. The summed E-state index contributed by atoms with van der Waals surface area (Å²) in [5.74, 6) is -0.100. The Kier molecular flexibility index (Phi) is 7.50. The van der Waals surface area contributed by atoms with Crippen LogP contribution >= 0.6 is 23.2 Å². The van der Waals surface area contributed by atoms with Crippen LogP contribution in [-0.4, -0.2) is 47.8 Å². The smallest absolute Gasteiger partial charge is 0.246 e. The molecule has 150 valence electrons. The van der Waals surface area contributed by atoms with Gasteiger partial charge in [0.05, 0.1) is 0 Å². The number of carbonyl (C=O) groups is 2. The molecule has 29 heavy (non-hydrogen) atoms. The second kappa shape index (κ2) is 10.3. The number of halogens is 2. The molecule has 2 aromatic rings. The van der Waals surface area contributed by atoms with Gasteiger partial charge in [-0.25, -0.2) is 0 Å². The molecule has 0 atom stereocenters. The molecule has 2 aromatic carbocycles. The van der Waals surface area contributed by atoms with E-state index in [1.165, 1.54) is 0 Å². The molecule has 0 N–H and O–H groups in total. The van der Waals surface area contributed by atoms with Crippen LogP contribution in [0.3, 0.4) is 0 Å². The van der Waals surface area contributed by atoms with Gasteiger partial charge in [-0.3, -0.25) is 9.59 Å². The SMILES string of the molecule is O=C(C=Cc1ccc(Cl)cc1)N1CCCN(C(=O)C=Cc2ccc(Cl)cc2)CC1. The van der Waals surface area contributed by atoms with E-state index >= 15 is 0 Å². The van der Waals surface area contributed by atoms with Crippen molar-refractivity contribution in [2.75, 3.05) is 26.2 Å². The lowest BCUT2D eigenvalue weighted by molar-refractivity contribution is -0.128. The Morgan fingerprint density at radius 2 is 1.03 bits per heavy atom. The third-order valence-electron chi connectivity index (χ3n) is 4.70. The first-order valence-corrected chi connectivity index (χ1v) is 10.2. The monoisotopic (exact) mass is 428 g/mol. The maximum atomic E-state index is 12.5. The topological polar surface area (TPSA) is 40.6 Å². The molecule has 0 bridgehead atoms. The van der Waals surface area contributed by atoms with Crippen molar-refractivity contribution in [3.8, 4) is 0 Å². The molecule has 6 heteroatoms. The molecule has 1 fully saturated rings. The molecule has 0 saturated carbocycles. The van der Waals surface area contributed by atoms with Gasteiger partial charge < -0.3 is 9.80 Å². The minimum atomic E-state index is -0.0500. The van der Waals surface area contributed by atoms with Crippen LogP contribution in [0.5, 0.6) is 0 Å². The number of nitrogens with zero attached hydrogens (tertiary/aromatic N) is 2. The fourth-order valence-electron chi connectivity index (χ4n) is 3.05. The number of amides is 2. The zero-order valence-corrected chi connectivity index (χ0v) is 17.4. The Morgan fingerprint density at radius 1 is 0.655 bits per heavy atom. The Hall–Kier alpha value is -2.56. The van der Waals surface area contributed by atoms with E-state index in [4.69, 9.17) is 23.2 Å². The van der Waals surface area contributed by atoms with Gasteiger partial charge in [0, 0.05) is 48.4 Å². The minimum absolute atomic E-state index is 0.0500. The predicted molar refractivity (Wildman–Crippen MR) is 119 cm³/mol. The number of hydrogen-bond donors (Lipinski definition) is 0. The van der Waals surface area contributed by atoms with E-state index in [0.29, 0.717) is 36.2 Å². The molecule has 4 nitrogen and oxygen atoms in total. The van der Waals surface area contributed by atoms with Gasteiger partial charge in [-0.05, 0) is 54.0 Å². The van der Waals surface area contributed by atoms with E-state index in [1.54, 1.807) is 58.4 Å². The van der Waals surface area contributed by atoms with Crippen LogP contribution in [0.25, 0.3) is 12.2 Å². The average Bonchev–Trinajstić information content (AvgIpc) is 2.99. The van der Waals surface area contributed by atoms with Crippen molar-refractivity contribution in [3.63, 3.8) is 0 Å². The Bertz CT molecular complexity index is 830. The van der Waals surface area contributed by atoms with Crippen LogP contribution < -0.4 is 0 Å². The van der Waals surface area contributed by atoms with E-state index < -0.39 is 0 Å². The van der Waals surface area contributed by atoms with Crippen LogP contribution in [0, 0.1) is 0 Å². The predicted octanol–water partition coefficient (Wildman–Crippen LogP) is 4.78. The van der Waals surface area contributed by atoms with Gasteiger partial charge in [0.1, 0.15) is 0 Å². The van der Waals surface area contributed by atoms with E-state index in [9.17, 15) is 9.59 Å². The second-order valence-corrected chi connectivity index (χ2v) is 7.65. The molecule has 1 heterocycles. The van der Waals surface area contributed by atoms with Gasteiger partial charge in [-0.1, -0.05) is 47.5 Å².